The number of alkyl halides is 1. The fourth-order valence-corrected chi connectivity index (χ4v) is 3.01. The minimum atomic E-state index is -0.202. The van der Waals surface area contributed by atoms with Crippen molar-refractivity contribution in [2.45, 2.75) is 18.7 Å². The summed E-state index contributed by atoms with van der Waals surface area (Å²) in [7, 11) is 0. The van der Waals surface area contributed by atoms with Gasteiger partial charge in [0.25, 0.3) is 0 Å². The van der Waals surface area contributed by atoms with Gasteiger partial charge in [0, 0.05) is 10.6 Å². The van der Waals surface area contributed by atoms with Crippen LogP contribution in [0.2, 0.25) is 5.02 Å². The second kappa shape index (κ2) is 5.41. The molecule has 1 atom stereocenters. The fourth-order valence-electron chi connectivity index (χ4n) is 1.92. The molecule has 0 saturated heterocycles. The zero-order chi connectivity index (χ0) is 13.3. The summed E-state index contributed by atoms with van der Waals surface area (Å²) in [4.78, 5) is -0.158. The summed E-state index contributed by atoms with van der Waals surface area (Å²) in [6.45, 7) is 3.93. The van der Waals surface area contributed by atoms with Crippen molar-refractivity contribution in [1.29, 1.82) is 0 Å². The molecule has 0 aromatic heterocycles. The van der Waals surface area contributed by atoms with E-state index in [0.29, 0.717) is 5.56 Å². The first kappa shape index (κ1) is 13.6. The van der Waals surface area contributed by atoms with E-state index in [4.69, 9.17) is 11.6 Å². The van der Waals surface area contributed by atoms with E-state index >= 15 is 0 Å². The first-order valence-corrected chi connectivity index (χ1v) is 6.95. The molecule has 1 unspecified atom stereocenters. The van der Waals surface area contributed by atoms with Gasteiger partial charge in [-0.15, -0.1) is 0 Å². The Hall–Kier alpha value is -0.860. The maximum atomic E-state index is 13.8. The van der Waals surface area contributed by atoms with Crippen molar-refractivity contribution in [2.75, 3.05) is 0 Å². The Morgan fingerprint density at radius 2 is 1.72 bits per heavy atom. The molecule has 2 aromatic rings. The van der Waals surface area contributed by atoms with Crippen molar-refractivity contribution in [2.24, 2.45) is 0 Å². The molecule has 0 bridgehead atoms. The highest BCUT2D eigenvalue weighted by atomic mass is 79.9. The molecule has 0 amide bonds. The van der Waals surface area contributed by atoms with Crippen LogP contribution in [0, 0.1) is 19.7 Å². The maximum absolute atomic E-state index is 13.8. The van der Waals surface area contributed by atoms with Crippen LogP contribution >= 0.6 is 27.5 Å². The second-order valence-electron chi connectivity index (χ2n) is 4.34. The lowest BCUT2D eigenvalue weighted by Gasteiger charge is -2.16. The van der Waals surface area contributed by atoms with Gasteiger partial charge in [-0.3, -0.25) is 0 Å². The third-order valence-electron chi connectivity index (χ3n) is 3.00. The van der Waals surface area contributed by atoms with Gasteiger partial charge in [0.1, 0.15) is 5.82 Å². The highest BCUT2D eigenvalue weighted by molar-refractivity contribution is 9.09. The number of aryl methyl sites for hydroxylation is 2. The van der Waals surface area contributed by atoms with Crippen LogP contribution < -0.4 is 0 Å². The Balaban J connectivity index is 2.50. The lowest BCUT2D eigenvalue weighted by Crippen LogP contribution is -1.99. The van der Waals surface area contributed by atoms with Crippen LogP contribution in [-0.4, -0.2) is 0 Å². The summed E-state index contributed by atoms with van der Waals surface area (Å²) in [6.07, 6.45) is 0. The van der Waals surface area contributed by atoms with Crippen molar-refractivity contribution in [1.82, 2.24) is 0 Å². The summed E-state index contributed by atoms with van der Waals surface area (Å²) in [5.74, 6) is -0.202. The van der Waals surface area contributed by atoms with E-state index in [9.17, 15) is 4.39 Å². The van der Waals surface area contributed by atoms with Crippen LogP contribution in [0.5, 0.6) is 0 Å². The maximum Gasteiger partial charge on any atom is 0.127 e. The first-order valence-electron chi connectivity index (χ1n) is 5.66. The molecule has 0 aliphatic rings. The van der Waals surface area contributed by atoms with Crippen LogP contribution in [-0.2, 0) is 0 Å². The Bertz CT molecular complexity index is 581. The second-order valence-corrected chi connectivity index (χ2v) is 5.66. The van der Waals surface area contributed by atoms with E-state index in [1.54, 1.807) is 12.1 Å². The molecule has 94 valence electrons. The molecule has 0 N–H and O–H groups in total. The van der Waals surface area contributed by atoms with Gasteiger partial charge in [-0.2, -0.15) is 0 Å². The molecule has 0 radical (unpaired) electrons. The Morgan fingerprint density at radius 3 is 2.39 bits per heavy atom. The van der Waals surface area contributed by atoms with Crippen molar-refractivity contribution >= 4 is 27.5 Å². The third kappa shape index (κ3) is 2.60. The van der Waals surface area contributed by atoms with Gasteiger partial charge in [0.05, 0.1) is 4.83 Å². The van der Waals surface area contributed by atoms with Gasteiger partial charge in [-0.25, -0.2) is 4.39 Å². The molecule has 0 saturated carbocycles. The molecular weight excluding hydrogens is 315 g/mol. The minimum absolute atomic E-state index is 0.158. The van der Waals surface area contributed by atoms with Crippen LogP contribution in [0.15, 0.2) is 36.4 Å². The van der Waals surface area contributed by atoms with E-state index in [1.165, 1.54) is 6.07 Å². The molecule has 3 heteroatoms. The van der Waals surface area contributed by atoms with E-state index in [1.807, 2.05) is 32.0 Å². The Morgan fingerprint density at radius 1 is 1.06 bits per heavy atom. The topological polar surface area (TPSA) is 0 Å². The molecule has 2 aromatic carbocycles. The zero-order valence-electron chi connectivity index (χ0n) is 10.2. The average Bonchev–Trinajstić information content (AvgIpc) is 2.33. The number of hydrogen-bond acceptors (Lipinski definition) is 0. The third-order valence-corrected chi connectivity index (χ3v) is 4.39. The largest absolute Gasteiger partial charge is 0.207 e. The van der Waals surface area contributed by atoms with Crippen molar-refractivity contribution in [3.63, 3.8) is 0 Å². The molecule has 0 aliphatic heterocycles. The number of rotatable bonds is 2. The standard InChI is InChI=1S/C15H13BrClF/c1-9-8-13(17)10(2)7-12(9)15(16)11-5-3-4-6-14(11)18/h3-8,15H,1-2H3. The van der Waals surface area contributed by atoms with Gasteiger partial charge in [-0.05, 0) is 42.7 Å². The number of hydrogen-bond donors (Lipinski definition) is 0. The van der Waals surface area contributed by atoms with Gasteiger partial charge < -0.3 is 0 Å². The van der Waals surface area contributed by atoms with E-state index in [2.05, 4.69) is 15.9 Å². The summed E-state index contributed by atoms with van der Waals surface area (Å²) < 4.78 is 13.8. The zero-order valence-corrected chi connectivity index (χ0v) is 12.5. The predicted octanol–water partition coefficient (Wildman–Crippen LogP) is 5.58. The summed E-state index contributed by atoms with van der Waals surface area (Å²) >= 11 is 9.65. The van der Waals surface area contributed by atoms with Crippen LogP contribution in [0.1, 0.15) is 27.1 Å². The SMILES string of the molecule is Cc1cc(C(Br)c2ccccc2F)c(C)cc1Cl. The van der Waals surface area contributed by atoms with Gasteiger partial charge in [0.15, 0.2) is 0 Å². The molecule has 2 rings (SSSR count). The summed E-state index contributed by atoms with van der Waals surface area (Å²) in [5, 5.41) is 0.740. The van der Waals surface area contributed by atoms with Gasteiger partial charge in [0.2, 0.25) is 0 Å². The van der Waals surface area contributed by atoms with Crippen LogP contribution in [0.25, 0.3) is 0 Å². The Kier molecular flexibility index (Phi) is 4.08. The minimum Gasteiger partial charge on any atom is -0.207 e. The van der Waals surface area contributed by atoms with E-state index in [0.717, 1.165) is 21.7 Å². The summed E-state index contributed by atoms with van der Waals surface area (Å²) in [5.41, 5.74) is 3.73. The average molecular weight is 328 g/mol. The number of benzene rings is 2. The normalized spacial score (nSPS) is 12.5. The van der Waals surface area contributed by atoms with Crippen LogP contribution in [0.4, 0.5) is 4.39 Å². The highest BCUT2D eigenvalue weighted by Gasteiger charge is 2.17. The van der Waals surface area contributed by atoms with E-state index in [-0.39, 0.29) is 10.6 Å². The fraction of sp³-hybridized carbons (Fsp3) is 0.200. The molecule has 0 spiro atoms. The highest BCUT2D eigenvalue weighted by Crippen LogP contribution is 2.36. The predicted molar refractivity (Wildman–Crippen MR) is 78.1 cm³/mol. The molecule has 0 heterocycles. The van der Waals surface area contributed by atoms with Crippen molar-refractivity contribution < 1.29 is 4.39 Å². The lowest BCUT2D eigenvalue weighted by molar-refractivity contribution is 0.613. The van der Waals surface area contributed by atoms with Crippen molar-refractivity contribution in [3.8, 4) is 0 Å². The van der Waals surface area contributed by atoms with Gasteiger partial charge >= 0.3 is 0 Å². The lowest BCUT2D eigenvalue weighted by atomic mass is 9.98. The number of halogens is 3. The van der Waals surface area contributed by atoms with Crippen molar-refractivity contribution in [3.05, 3.63) is 69.5 Å². The van der Waals surface area contributed by atoms with Crippen LogP contribution in [0.3, 0.4) is 0 Å². The Labute approximate surface area is 120 Å². The first-order chi connectivity index (χ1) is 8.50. The molecule has 0 aliphatic carbocycles. The molecule has 0 nitrogen and oxygen atoms in total. The quantitative estimate of drug-likeness (QED) is 0.632. The molecule has 0 fully saturated rings. The van der Waals surface area contributed by atoms with E-state index < -0.39 is 0 Å². The smallest absolute Gasteiger partial charge is 0.127 e. The molecular formula is C15H13BrClF. The molecule has 18 heavy (non-hydrogen) atoms. The van der Waals surface area contributed by atoms with Gasteiger partial charge in [-0.1, -0.05) is 51.8 Å². The monoisotopic (exact) mass is 326 g/mol. The summed E-state index contributed by atoms with van der Waals surface area (Å²) in [6, 6.07) is 10.7.